The number of para-hydroxylation sites is 1. The molecule has 0 aliphatic heterocycles. The van der Waals surface area contributed by atoms with Gasteiger partial charge in [-0.15, -0.1) is 0 Å². The summed E-state index contributed by atoms with van der Waals surface area (Å²) < 4.78 is 5.01. The Morgan fingerprint density at radius 2 is 1.63 bits per heavy atom. The summed E-state index contributed by atoms with van der Waals surface area (Å²) in [6.45, 7) is 1.48. The standard InChI is InChI=1S/C23H19ClN2O4/c1-15(27)30-18-9-6-8-16(13-18)22(28)25-14-17-7-2-5-12-21(17)26-23(29)19-10-3-4-11-20(19)24/h2-13H,14H2,1H3,(H,25,28)(H,26,29). The molecule has 0 aliphatic rings. The maximum atomic E-state index is 12.5. The van der Waals surface area contributed by atoms with E-state index in [1.165, 1.54) is 13.0 Å². The van der Waals surface area contributed by atoms with E-state index in [1.54, 1.807) is 60.7 Å². The quantitative estimate of drug-likeness (QED) is 0.454. The van der Waals surface area contributed by atoms with Gasteiger partial charge in [0.15, 0.2) is 0 Å². The summed E-state index contributed by atoms with van der Waals surface area (Å²) in [5.41, 5.74) is 2.01. The third-order valence-electron chi connectivity index (χ3n) is 4.18. The summed E-state index contributed by atoms with van der Waals surface area (Å²) in [4.78, 5) is 36.1. The Morgan fingerprint density at radius 1 is 0.900 bits per heavy atom. The van der Waals surface area contributed by atoms with Crippen LogP contribution in [0.2, 0.25) is 5.02 Å². The van der Waals surface area contributed by atoms with Gasteiger partial charge < -0.3 is 15.4 Å². The van der Waals surface area contributed by atoms with Crippen LogP contribution in [0.15, 0.2) is 72.8 Å². The summed E-state index contributed by atoms with van der Waals surface area (Å²) >= 11 is 6.09. The van der Waals surface area contributed by atoms with Crippen LogP contribution in [0, 0.1) is 0 Å². The summed E-state index contributed by atoms with van der Waals surface area (Å²) in [5.74, 6) is -0.844. The van der Waals surface area contributed by atoms with Gasteiger partial charge in [0.1, 0.15) is 5.75 Å². The molecular formula is C23H19ClN2O4. The van der Waals surface area contributed by atoms with Gasteiger partial charge >= 0.3 is 5.97 Å². The van der Waals surface area contributed by atoms with Gasteiger partial charge in [0, 0.05) is 24.7 Å². The van der Waals surface area contributed by atoms with Crippen LogP contribution in [-0.4, -0.2) is 17.8 Å². The molecule has 0 aliphatic carbocycles. The Morgan fingerprint density at radius 3 is 2.40 bits per heavy atom. The molecule has 152 valence electrons. The predicted octanol–water partition coefficient (Wildman–Crippen LogP) is 4.45. The van der Waals surface area contributed by atoms with Crippen LogP contribution >= 0.6 is 11.6 Å². The second-order valence-electron chi connectivity index (χ2n) is 6.40. The molecule has 0 unspecified atom stereocenters. The van der Waals surface area contributed by atoms with Crippen molar-refractivity contribution in [1.82, 2.24) is 5.32 Å². The van der Waals surface area contributed by atoms with Crippen molar-refractivity contribution >= 4 is 35.1 Å². The van der Waals surface area contributed by atoms with Crippen LogP contribution in [0.5, 0.6) is 5.75 Å². The number of hydrogen-bond donors (Lipinski definition) is 2. The lowest BCUT2D eigenvalue weighted by Gasteiger charge is -2.13. The number of carbonyl (C=O) groups is 3. The van der Waals surface area contributed by atoms with Crippen molar-refractivity contribution in [2.45, 2.75) is 13.5 Å². The number of ether oxygens (including phenoxy) is 1. The SMILES string of the molecule is CC(=O)Oc1cccc(C(=O)NCc2ccccc2NC(=O)c2ccccc2Cl)c1. The van der Waals surface area contributed by atoms with E-state index in [2.05, 4.69) is 10.6 Å². The Hall–Kier alpha value is -3.64. The van der Waals surface area contributed by atoms with Gasteiger partial charge in [-0.05, 0) is 42.0 Å². The number of nitrogens with one attached hydrogen (secondary N) is 2. The number of benzene rings is 3. The number of rotatable bonds is 6. The molecule has 3 aromatic rings. The molecule has 2 amide bonds. The summed E-state index contributed by atoms with van der Waals surface area (Å²) in [6.07, 6.45) is 0. The van der Waals surface area contributed by atoms with Crippen molar-refractivity contribution in [2.24, 2.45) is 0 Å². The summed E-state index contributed by atoms with van der Waals surface area (Å²) in [7, 11) is 0. The molecule has 0 heterocycles. The Kier molecular flexibility index (Phi) is 6.83. The Balaban J connectivity index is 1.69. The van der Waals surface area contributed by atoms with Crippen LogP contribution in [0.4, 0.5) is 5.69 Å². The average Bonchev–Trinajstić information content (AvgIpc) is 2.73. The van der Waals surface area contributed by atoms with E-state index in [0.29, 0.717) is 27.6 Å². The zero-order valence-electron chi connectivity index (χ0n) is 16.1. The highest BCUT2D eigenvalue weighted by atomic mass is 35.5. The lowest BCUT2D eigenvalue weighted by Crippen LogP contribution is -2.24. The van der Waals surface area contributed by atoms with E-state index < -0.39 is 5.97 Å². The molecule has 0 aromatic heterocycles. The summed E-state index contributed by atoms with van der Waals surface area (Å²) in [6, 6.07) is 20.2. The molecule has 30 heavy (non-hydrogen) atoms. The topological polar surface area (TPSA) is 84.5 Å². The highest BCUT2D eigenvalue weighted by Crippen LogP contribution is 2.20. The molecule has 0 atom stereocenters. The lowest BCUT2D eigenvalue weighted by atomic mass is 10.1. The van der Waals surface area contributed by atoms with Crippen molar-refractivity contribution < 1.29 is 19.1 Å². The number of anilines is 1. The van der Waals surface area contributed by atoms with Crippen molar-refractivity contribution in [3.05, 3.63) is 94.5 Å². The van der Waals surface area contributed by atoms with E-state index in [9.17, 15) is 14.4 Å². The lowest BCUT2D eigenvalue weighted by molar-refractivity contribution is -0.131. The Bertz CT molecular complexity index is 1100. The predicted molar refractivity (Wildman–Crippen MR) is 115 cm³/mol. The molecule has 0 spiro atoms. The first-order valence-corrected chi connectivity index (χ1v) is 9.52. The zero-order valence-corrected chi connectivity index (χ0v) is 16.9. The fraction of sp³-hybridized carbons (Fsp3) is 0.0870. The largest absolute Gasteiger partial charge is 0.427 e. The minimum Gasteiger partial charge on any atom is -0.427 e. The monoisotopic (exact) mass is 422 g/mol. The normalized spacial score (nSPS) is 10.2. The van der Waals surface area contributed by atoms with Gasteiger partial charge in [0.05, 0.1) is 10.6 Å². The number of esters is 1. The van der Waals surface area contributed by atoms with Crippen molar-refractivity contribution in [1.29, 1.82) is 0 Å². The van der Waals surface area contributed by atoms with Crippen molar-refractivity contribution in [3.8, 4) is 5.75 Å². The fourth-order valence-electron chi connectivity index (χ4n) is 2.78. The van der Waals surface area contributed by atoms with E-state index in [0.717, 1.165) is 5.56 Å². The second-order valence-corrected chi connectivity index (χ2v) is 6.80. The van der Waals surface area contributed by atoms with Gasteiger partial charge in [-0.3, -0.25) is 14.4 Å². The van der Waals surface area contributed by atoms with E-state index >= 15 is 0 Å². The highest BCUT2D eigenvalue weighted by molar-refractivity contribution is 6.34. The fourth-order valence-corrected chi connectivity index (χ4v) is 3.00. The van der Waals surface area contributed by atoms with Crippen LogP contribution in [0.1, 0.15) is 33.2 Å². The van der Waals surface area contributed by atoms with Gasteiger partial charge in [0.25, 0.3) is 11.8 Å². The third kappa shape index (κ3) is 5.46. The zero-order chi connectivity index (χ0) is 21.5. The van der Waals surface area contributed by atoms with Gasteiger partial charge in [-0.1, -0.05) is 48.0 Å². The second kappa shape index (κ2) is 9.71. The third-order valence-corrected chi connectivity index (χ3v) is 4.51. The van der Waals surface area contributed by atoms with Crippen molar-refractivity contribution in [2.75, 3.05) is 5.32 Å². The minimum absolute atomic E-state index is 0.190. The minimum atomic E-state index is -0.462. The molecule has 3 rings (SSSR count). The van der Waals surface area contributed by atoms with E-state index in [4.69, 9.17) is 16.3 Å². The molecule has 0 radical (unpaired) electrons. The molecule has 0 fully saturated rings. The van der Waals surface area contributed by atoms with Crippen LogP contribution in [0.3, 0.4) is 0 Å². The average molecular weight is 423 g/mol. The maximum Gasteiger partial charge on any atom is 0.308 e. The molecule has 2 N–H and O–H groups in total. The number of carbonyl (C=O) groups excluding carboxylic acids is 3. The van der Waals surface area contributed by atoms with E-state index in [1.807, 2.05) is 6.07 Å². The van der Waals surface area contributed by atoms with Gasteiger partial charge in [0.2, 0.25) is 0 Å². The summed E-state index contributed by atoms with van der Waals surface area (Å²) in [5, 5.41) is 5.99. The molecule has 0 saturated carbocycles. The molecule has 0 saturated heterocycles. The number of halogens is 1. The molecular weight excluding hydrogens is 404 g/mol. The number of amides is 2. The highest BCUT2D eigenvalue weighted by Gasteiger charge is 2.13. The van der Waals surface area contributed by atoms with Gasteiger partial charge in [-0.25, -0.2) is 0 Å². The number of hydrogen-bond acceptors (Lipinski definition) is 4. The Labute approximate surface area is 178 Å². The van der Waals surface area contributed by atoms with E-state index in [-0.39, 0.29) is 18.4 Å². The maximum absolute atomic E-state index is 12.5. The first-order valence-electron chi connectivity index (χ1n) is 9.14. The molecule has 6 nitrogen and oxygen atoms in total. The van der Waals surface area contributed by atoms with Crippen LogP contribution in [0.25, 0.3) is 0 Å². The smallest absolute Gasteiger partial charge is 0.308 e. The van der Waals surface area contributed by atoms with Crippen LogP contribution in [-0.2, 0) is 11.3 Å². The van der Waals surface area contributed by atoms with Crippen LogP contribution < -0.4 is 15.4 Å². The van der Waals surface area contributed by atoms with Crippen molar-refractivity contribution in [3.63, 3.8) is 0 Å². The first kappa shape index (κ1) is 21.1. The first-order chi connectivity index (χ1) is 14.4. The molecule has 3 aromatic carbocycles. The molecule has 7 heteroatoms. The van der Waals surface area contributed by atoms with Gasteiger partial charge in [-0.2, -0.15) is 0 Å². The molecule has 0 bridgehead atoms.